The number of amides is 1. The Morgan fingerprint density at radius 3 is 2.36 bits per heavy atom. The highest BCUT2D eigenvalue weighted by atomic mass is 35.5. The van der Waals surface area contributed by atoms with Crippen molar-refractivity contribution in [3.05, 3.63) is 47.1 Å². The van der Waals surface area contributed by atoms with Gasteiger partial charge in [0.15, 0.2) is 11.5 Å². The second kappa shape index (κ2) is 8.35. The minimum atomic E-state index is -0.0444. The monoisotopic (exact) mass is 399 g/mol. The fourth-order valence-electron chi connectivity index (χ4n) is 3.85. The van der Waals surface area contributed by atoms with Gasteiger partial charge in [0, 0.05) is 50.0 Å². The number of hydrogen-bond donors (Lipinski definition) is 0. The van der Waals surface area contributed by atoms with Crippen molar-refractivity contribution in [1.82, 2.24) is 15.1 Å². The van der Waals surface area contributed by atoms with Crippen LogP contribution in [0, 0.1) is 5.92 Å². The van der Waals surface area contributed by atoms with Crippen LogP contribution in [0.2, 0.25) is 5.02 Å². The van der Waals surface area contributed by atoms with E-state index < -0.39 is 0 Å². The van der Waals surface area contributed by atoms with Gasteiger partial charge in [-0.25, -0.2) is 0 Å². The molecule has 2 fully saturated rings. The molecule has 0 N–H and O–H groups in total. The highest BCUT2D eigenvalue weighted by molar-refractivity contribution is 6.30. The summed E-state index contributed by atoms with van der Waals surface area (Å²) >= 11 is 6.09. The molecule has 2 saturated heterocycles. The van der Waals surface area contributed by atoms with Crippen LogP contribution in [0.5, 0.6) is 0 Å². The number of carbonyl (C=O) groups is 1. The number of rotatable bonds is 3. The molecule has 1 amide bonds. The SMILES string of the molecule is CC1CCN(c2ccc(C(=O)N3CCN(c4cccc(Cl)c4)CC3)nn2)CC1. The van der Waals surface area contributed by atoms with Gasteiger partial charge >= 0.3 is 0 Å². The highest BCUT2D eigenvalue weighted by Crippen LogP contribution is 2.22. The van der Waals surface area contributed by atoms with Gasteiger partial charge in [-0.05, 0) is 49.1 Å². The molecular weight excluding hydrogens is 374 g/mol. The molecule has 2 aliphatic rings. The Morgan fingerprint density at radius 1 is 0.964 bits per heavy atom. The van der Waals surface area contributed by atoms with Crippen LogP contribution in [-0.4, -0.2) is 60.3 Å². The van der Waals surface area contributed by atoms with Crippen molar-refractivity contribution in [2.75, 3.05) is 49.1 Å². The van der Waals surface area contributed by atoms with Crippen LogP contribution < -0.4 is 9.80 Å². The number of piperidine rings is 1. The van der Waals surface area contributed by atoms with E-state index in [9.17, 15) is 4.79 Å². The molecule has 0 bridgehead atoms. The van der Waals surface area contributed by atoms with Crippen LogP contribution >= 0.6 is 11.6 Å². The lowest BCUT2D eigenvalue weighted by molar-refractivity contribution is 0.0739. The Balaban J connectivity index is 1.35. The fraction of sp³-hybridized carbons (Fsp3) is 0.476. The van der Waals surface area contributed by atoms with E-state index in [1.54, 1.807) is 0 Å². The first-order chi connectivity index (χ1) is 13.6. The third kappa shape index (κ3) is 4.22. The van der Waals surface area contributed by atoms with Gasteiger partial charge in [0.25, 0.3) is 5.91 Å². The predicted molar refractivity (Wildman–Crippen MR) is 112 cm³/mol. The van der Waals surface area contributed by atoms with Crippen molar-refractivity contribution in [3.63, 3.8) is 0 Å². The molecule has 6 nitrogen and oxygen atoms in total. The molecule has 0 spiro atoms. The number of halogens is 1. The third-order valence-electron chi connectivity index (χ3n) is 5.72. The predicted octanol–water partition coefficient (Wildman–Crippen LogP) is 3.33. The maximum Gasteiger partial charge on any atom is 0.274 e. The first-order valence-electron chi connectivity index (χ1n) is 9.98. The van der Waals surface area contributed by atoms with E-state index in [1.807, 2.05) is 35.2 Å². The summed E-state index contributed by atoms with van der Waals surface area (Å²) < 4.78 is 0. The lowest BCUT2D eigenvalue weighted by Gasteiger charge is -2.36. The molecule has 2 aromatic rings. The van der Waals surface area contributed by atoms with Gasteiger partial charge in [-0.2, -0.15) is 0 Å². The van der Waals surface area contributed by atoms with Crippen molar-refractivity contribution in [2.24, 2.45) is 5.92 Å². The second-order valence-electron chi connectivity index (χ2n) is 7.71. The van der Waals surface area contributed by atoms with Gasteiger partial charge in [-0.1, -0.05) is 24.6 Å². The van der Waals surface area contributed by atoms with E-state index in [0.29, 0.717) is 18.8 Å². The van der Waals surface area contributed by atoms with Gasteiger partial charge in [0.05, 0.1) is 0 Å². The van der Waals surface area contributed by atoms with E-state index >= 15 is 0 Å². The summed E-state index contributed by atoms with van der Waals surface area (Å²) in [6.45, 7) is 7.20. The summed E-state index contributed by atoms with van der Waals surface area (Å²) in [7, 11) is 0. The van der Waals surface area contributed by atoms with Gasteiger partial charge in [0.2, 0.25) is 0 Å². The summed E-state index contributed by atoms with van der Waals surface area (Å²) in [6.07, 6.45) is 2.36. The Bertz CT molecular complexity index is 812. The minimum Gasteiger partial charge on any atom is -0.368 e. The molecule has 0 unspecified atom stereocenters. The quantitative estimate of drug-likeness (QED) is 0.792. The molecule has 28 heavy (non-hydrogen) atoms. The van der Waals surface area contributed by atoms with Crippen LogP contribution in [0.1, 0.15) is 30.3 Å². The Labute approximate surface area is 171 Å². The molecule has 0 radical (unpaired) electrons. The van der Waals surface area contributed by atoms with Crippen LogP contribution in [0.15, 0.2) is 36.4 Å². The van der Waals surface area contributed by atoms with Gasteiger partial charge in [-0.3, -0.25) is 4.79 Å². The zero-order valence-corrected chi connectivity index (χ0v) is 17.0. The summed E-state index contributed by atoms with van der Waals surface area (Å²) in [6, 6.07) is 11.6. The maximum atomic E-state index is 12.8. The lowest BCUT2D eigenvalue weighted by Crippen LogP contribution is -2.49. The number of anilines is 2. The van der Waals surface area contributed by atoms with Crippen molar-refractivity contribution in [3.8, 4) is 0 Å². The van der Waals surface area contributed by atoms with Crippen LogP contribution in [0.25, 0.3) is 0 Å². The zero-order valence-electron chi connectivity index (χ0n) is 16.2. The van der Waals surface area contributed by atoms with Gasteiger partial charge in [-0.15, -0.1) is 10.2 Å². The van der Waals surface area contributed by atoms with E-state index in [4.69, 9.17) is 11.6 Å². The van der Waals surface area contributed by atoms with Gasteiger partial charge < -0.3 is 14.7 Å². The van der Waals surface area contributed by atoms with E-state index in [-0.39, 0.29) is 5.91 Å². The number of benzene rings is 1. The second-order valence-corrected chi connectivity index (χ2v) is 8.14. The molecule has 3 heterocycles. The Morgan fingerprint density at radius 2 is 1.71 bits per heavy atom. The fourth-order valence-corrected chi connectivity index (χ4v) is 4.03. The molecule has 2 aliphatic heterocycles. The zero-order chi connectivity index (χ0) is 19.5. The van der Waals surface area contributed by atoms with E-state index in [2.05, 4.69) is 33.0 Å². The number of piperazine rings is 1. The Kier molecular flexibility index (Phi) is 5.67. The molecular formula is C21H26ClN5O. The molecule has 0 saturated carbocycles. The summed E-state index contributed by atoms with van der Waals surface area (Å²) in [4.78, 5) is 19.2. The van der Waals surface area contributed by atoms with Crippen molar-refractivity contribution >= 4 is 29.0 Å². The first kappa shape index (κ1) is 19.0. The van der Waals surface area contributed by atoms with Crippen LogP contribution in [0.3, 0.4) is 0 Å². The van der Waals surface area contributed by atoms with Crippen LogP contribution in [-0.2, 0) is 0 Å². The first-order valence-corrected chi connectivity index (χ1v) is 10.4. The average Bonchev–Trinajstić information content (AvgIpc) is 2.74. The molecule has 7 heteroatoms. The van der Waals surface area contributed by atoms with E-state index in [1.165, 1.54) is 12.8 Å². The molecule has 148 valence electrons. The lowest BCUT2D eigenvalue weighted by atomic mass is 9.99. The van der Waals surface area contributed by atoms with Crippen molar-refractivity contribution in [2.45, 2.75) is 19.8 Å². The van der Waals surface area contributed by atoms with Crippen LogP contribution in [0.4, 0.5) is 11.5 Å². The largest absolute Gasteiger partial charge is 0.368 e. The van der Waals surface area contributed by atoms with Crippen molar-refractivity contribution < 1.29 is 4.79 Å². The number of hydrogen-bond acceptors (Lipinski definition) is 5. The number of carbonyl (C=O) groups excluding carboxylic acids is 1. The smallest absolute Gasteiger partial charge is 0.274 e. The number of nitrogens with zero attached hydrogens (tertiary/aromatic N) is 5. The Hall–Kier alpha value is -2.34. The highest BCUT2D eigenvalue weighted by Gasteiger charge is 2.24. The molecule has 0 atom stereocenters. The average molecular weight is 400 g/mol. The molecule has 4 rings (SSSR count). The summed E-state index contributed by atoms with van der Waals surface area (Å²) in [5.41, 5.74) is 1.52. The molecule has 1 aromatic heterocycles. The standard InChI is InChI=1S/C21H26ClN5O/c1-16-7-9-26(10-8-16)20-6-5-19(23-24-20)21(28)27-13-11-25(12-14-27)18-4-2-3-17(22)15-18/h2-6,15-16H,7-14H2,1H3. The number of aromatic nitrogens is 2. The normalized spacial score (nSPS) is 18.4. The summed E-state index contributed by atoms with van der Waals surface area (Å²) in [5, 5.41) is 9.27. The third-order valence-corrected chi connectivity index (χ3v) is 5.95. The van der Waals surface area contributed by atoms with Crippen molar-refractivity contribution in [1.29, 1.82) is 0 Å². The minimum absolute atomic E-state index is 0.0444. The molecule has 0 aliphatic carbocycles. The topological polar surface area (TPSA) is 52.6 Å². The van der Waals surface area contributed by atoms with Gasteiger partial charge in [0.1, 0.15) is 0 Å². The molecule has 1 aromatic carbocycles. The summed E-state index contributed by atoms with van der Waals surface area (Å²) in [5.74, 6) is 1.60. The maximum absolute atomic E-state index is 12.8. The van der Waals surface area contributed by atoms with E-state index in [0.717, 1.165) is 48.6 Å².